The standard InChI is InChI=1S/C21H18Cl2N2O4/c1-11(2)29-21(28)13-7-9-14(10-8-13)25-19(26)17(23)18(20(25)27)24-16-6-4-5-15(22)12(16)3/h4-11,24H,1-3H3. The van der Waals surface area contributed by atoms with E-state index in [-0.39, 0.29) is 16.8 Å². The van der Waals surface area contributed by atoms with Crippen LogP contribution in [0.1, 0.15) is 29.8 Å². The molecular weight excluding hydrogens is 415 g/mol. The molecule has 0 unspecified atom stereocenters. The highest BCUT2D eigenvalue weighted by atomic mass is 35.5. The molecule has 0 atom stereocenters. The minimum Gasteiger partial charge on any atom is -0.459 e. The fourth-order valence-electron chi connectivity index (χ4n) is 2.75. The van der Waals surface area contributed by atoms with Gasteiger partial charge in [0, 0.05) is 10.7 Å². The van der Waals surface area contributed by atoms with E-state index in [0.717, 1.165) is 10.5 Å². The summed E-state index contributed by atoms with van der Waals surface area (Å²) < 4.78 is 5.13. The van der Waals surface area contributed by atoms with Crippen molar-refractivity contribution in [1.29, 1.82) is 0 Å². The molecule has 8 heteroatoms. The van der Waals surface area contributed by atoms with Gasteiger partial charge < -0.3 is 10.1 Å². The Labute approximate surface area is 178 Å². The number of anilines is 2. The van der Waals surface area contributed by atoms with Crippen LogP contribution in [0.2, 0.25) is 5.02 Å². The van der Waals surface area contributed by atoms with E-state index in [2.05, 4.69) is 5.32 Å². The maximum absolute atomic E-state index is 12.9. The first kappa shape index (κ1) is 20.9. The number of carbonyl (C=O) groups excluding carboxylic acids is 3. The maximum Gasteiger partial charge on any atom is 0.338 e. The van der Waals surface area contributed by atoms with Crippen LogP contribution in [-0.4, -0.2) is 23.9 Å². The Hall–Kier alpha value is -2.83. The smallest absolute Gasteiger partial charge is 0.338 e. The topological polar surface area (TPSA) is 75.7 Å². The normalized spacial score (nSPS) is 14.1. The Bertz CT molecular complexity index is 1030. The molecule has 0 fully saturated rings. The third kappa shape index (κ3) is 4.13. The predicted molar refractivity (Wildman–Crippen MR) is 112 cm³/mol. The van der Waals surface area contributed by atoms with Gasteiger partial charge >= 0.3 is 5.97 Å². The Balaban J connectivity index is 1.84. The summed E-state index contributed by atoms with van der Waals surface area (Å²) in [7, 11) is 0. The van der Waals surface area contributed by atoms with Crippen LogP contribution >= 0.6 is 23.2 Å². The number of ether oxygens (including phenoxy) is 1. The Morgan fingerprint density at radius 3 is 2.31 bits per heavy atom. The van der Waals surface area contributed by atoms with Crippen molar-refractivity contribution >= 4 is 52.4 Å². The number of imide groups is 1. The van der Waals surface area contributed by atoms with Crippen LogP contribution < -0.4 is 10.2 Å². The Morgan fingerprint density at radius 1 is 1.03 bits per heavy atom. The van der Waals surface area contributed by atoms with Crippen molar-refractivity contribution in [3.05, 3.63) is 69.3 Å². The predicted octanol–water partition coefficient (Wildman–Crippen LogP) is 4.65. The fourth-order valence-corrected chi connectivity index (χ4v) is 3.14. The van der Waals surface area contributed by atoms with Crippen molar-refractivity contribution in [2.75, 3.05) is 10.2 Å². The summed E-state index contributed by atoms with van der Waals surface area (Å²) >= 11 is 12.3. The number of hydrogen-bond donors (Lipinski definition) is 1. The molecular formula is C21H18Cl2N2O4. The SMILES string of the molecule is Cc1c(Cl)cccc1NC1=C(Cl)C(=O)N(c2ccc(C(=O)OC(C)C)cc2)C1=O. The first-order chi connectivity index (χ1) is 13.7. The summed E-state index contributed by atoms with van der Waals surface area (Å²) in [5.74, 6) is -1.74. The van der Waals surface area contributed by atoms with Crippen LogP contribution in [0.15, 0.2) is 53.2 Å². The van der Waals surface area contributed by atoms with Gasteiger partial charge in [-0.2, -0.15) is 0 Å². The lowest BCUT2D eigenvalue weighted by molar-refractivity contribution is -0.120. The first-order valence-electron chi connectivity index (χ1n) is 8.82. The molecule has 1 N–H and O–H groups in total. The van der Waals surface area contributed by atoms with Gasteiger partial charge in [0.05, 0.1) is 17.4 Å². The lowest BCUT2D eigenvalue weighted by Gasteiger charge is -2.16. The highest BCUT2D eigenvalue weighted by molar-refractivity contribution is 6.53. The number of rotatable bonds is 5. The van der Waals surface area contributed by atoms with Crippen LogP contribution in [0, 0.1) is 6.92 Å². The molecule has 1 aliphatic heterocycles. The average Bonchev–Trinajstić information content (AvgIpc) is 2.88. The Morgan fingerprint density at radius 2 is 1.69 bits per heavy atom. The summed E-state index contributed by atoms with van der Waals surface area (Å²) in [4.78, 5) is 38.4. The van der Waals surface area contributed by atoms with Crippen molar-refractivity contribution in [2.24, 2.45) is 0 Å². The van der Waals surface area contributed by atoms with E-state index >= 15 is 0 Å². The average molecular weight is 433 g/mol. The van der Waals surface area contributed by atoms with E-state index < -0.39 is 17.8 Å². The zero-order chi connectivity index (χ0) is 21.3. The number of hydrogen-bond acceptors (Lipinski definition) is 5. The lowest BCUT2D eigenvalue weighted by Crippen LogP contribution is -2.32. The van der Waals surface area contributed by atoms with Gasteiger partial charge in [0.1, 0.15) is 10.7 Å². The highest BCUT2D eigenvalue weighted by Crippen LogP contribution is 2.32. The molecule has 0 bridgehead atoms. The molecule has 0 aromatic heterocycles. The van der Waals surface area contributed by atoms with Gasteiger partial charge in [0.2, 0.25) is 0 Å². The van der Waals surface area contributed by atoms with Crippen molar-refractivity contribution in [3.8, 4) is 0 Å². The summed E-state index contributed by atoms with van der Waals surface area (Å²) in [6, 6.07) is 11.1. The first-order valence-corrected chi connectivity index (χ1v) is 9.58. The van der Waals surface area contributed by atoms with E-state index in [0.29, 0.717) is 22.0 Å². The number of benzene rings is 2. The van der Waals surface area contributed by atoms with Gasteiger partial charge in [-0.3, -0.25) is 9.59 Å². The summed E-state index contributed by atoms with van der Waals surface area (Å²) in [5, 5.41) is 3.20. The van der Waals surface area contributed by atoms with Crippen molar-refractivity contribution in [2.45, 2.75) is 26.9 Å². The molecule has 3 rings (SSSR count). The minimum atomic E-state index is -0.656. The third-order valence-corrected chi connectivity index (χ3v) is 5.02. The van der Waals surface area contributed by atoms with E-state index in [1.54, 1.807) is 39.0 Å². The van der Waals surface area contributed by atoms with Gasteiger partial charge in [-0.1, -0.05) is 29.3 Å². The molecule has 0 saturated heterocycles. The molecule has 29 heavy (non-hydrogen) atoms. The van der Waals surface area contributed by atoms with Crippen molar-refractivity contribution in [3.63, 3.8) is 0 Å². The summed E-state index contributed by atoms with van der Waals surface area (Å²) in [5.41, 5.74) is 1.86. The molecule has 1 aliphatic rings. The lowest BCUT2D eigenvalue weighted by atomic mass is 10.2. The van der Waals surface area contributed by atoms with E-state index in [9.17, 15) is 14.4 Å². The van der Waals surface area contributed by atoms with Crippen LogP contribution in [0.4, 0.5) is 11.4 Å². The second-order valence-electron chi connectivity index (χ2n) is 6.67. The maximum atomic E-state index is 12.9. The molecule has 0 aliphatic carbocycles. The summed E-state index contributed by atoms with van der Waals surface area (Å²) in [6.45, 7) is 5.28. The molecule has 2 amide bonds. The molecule has 2 aromatic rings. The third-order valence-electron chi connectivity index (χ3n) is 4.26. The molecule has 0 saturated carbocycles. The van der Waals surface area contributed by atoms with Gasteiger partial charge in [-0.25, -0.2) is 9.69 Å². The number of carbonyl (C=O) groups is 3. The number of esters is 1. The molecule has 150 valence electrons. The van der Waals surface area contributed by atoms with E-state index in [4.69, 9.17) is 27.9 Å². The van der Waals surface area contributed by atoms with E-state index in [1.165, 1.54) is 24.3 Å². The molecule has 6 nitrogen and oxygen atoms in total. The zero-order valence-electron chi connectivity index (χ0n) is 16.0. The quantitative estimate of drug-likeness (QED) is 0.549. The van der Waals surface area contributed by atoms with Gasteiger partial charge in [-0.05, 0) is 62.7 Å². The second-order valence-corrected chi connectivity index (χ2v) is 7.46. The van der Waals surface area contributed by atoms with Crippen LogP contribution in [0.5, 0.6) is 0 Å². The minimum absolute atomic E-state index is 0.0367. The Kier molecular flexibility index (Phi) is 5.96. The molecule has 0 radical (unpaired) electrons. The van der Waals surface area contributed by atoms with Gasteiger partial charge in [0.25, 0.3) is 11.8 Å². The summed E-state index contributed by atoms with van der Waals surface area (Å²) in [6.07, 6.45) is -0.254. The monoisotopic (exact) mass is 432 g/mol. The number of amides is 2. The van der Waals surface area contributed by atoms with Gasteiger partial charge in [0.15, 0.2) is 0 Å². The van der Waals surface area contributed by atoms with E-state index in [1.807, 2.05) is 0 Å². The van der Waals surface area contributed by atoms with Gasteiger partial charge in [-0.15, -0.1) is 0 Å². The highest BCUT2D eigenvalue weighted by Gasteiger charge is 2.39. The molecule has 1 heterocycles. The van der Waals surface area contributed by atoms with Crippen molar-refractivity contribution in [1.82, 2.24) is 0 Å². The second kappa shape index (κ2) is 8.27. The van der Waals surface area contributed by atoms with Crippen molar-refractivity contribution < 1.29 is 19.1 Å². The number of halogens is 2. The molecule has 2 aromatic carbocycles. The van der Waals surface area contributed by atoms with Crippen LogP contribution in [-0.2, 0) is 14.3 Å². The molecule has 0 spiro atoms. The zero-order valence-corrected chi connectivity index (χ0v) is 17.5. The number of nitrogens with zero attached hydrogens (tertiary/aromatic N) is 1. The fraction of sp³-hybridized carbons (Fsp3) is 0.190. The van der Waals surface area contributed by atoms with Crippen LogP contribution in [0.25, 0.3) is 0 Å². The number of nitrogens with one attached hydrogen (secondary N) is 1. The van der Waals surface area contributed by atoms with Crippen LogP contribution in [0.3, 0.4) is 0 Å². The largest absolute Gasteiger partial charge is 0.459 e.